The van der Waals surface area contributed by atoms with Crippen LogP contribution in [0.3, 0.4) is 0 Å². The maximum atomic E-state index is 5.90. The maximum absolute atomic E-state index is 5.90. The van der Waals surface area contributed by atoms with Gasteiger partial charge < -0.3 is 18.9 Å². The van der Waals surface area contributed by atoms with Gasteiger partial charge in [0.1, 0.15) is 0 Å². The highest BCUT2D eigenvalue weighted by Gasteiger charge is 2.14. The molecule has 0 amide bonds. The summed E-state index contributed by atoms with van der Waals surface area (Å²) in [6, 6.07) is 0. The van der Waals surface area contributed by atoms with E-state index in [9.17, 15) is 0 Å². The van der Waals surface area contributed by atoms with Crippen LogP contribution in [0.1, 0.15) is 32.1 Å². The normalized spacial score (nSPS) is 29.0. The summed E-state index contributed by atoms with van der Waals surface area (Å²) in [7, 11) is 0. The van der Waals surface area contributed by atoms with E-state index < -0.39 is 0 Å². The van der Waals surface area contributed by atoms with E-state index >= 15 is 0 Å². The minimum absolute atomic E-state index is 0.344. The van der Waals surface area contributed by atoms with Crippen molar-refractivity contribution in [3.63, 3.8) is 0 Å². The van der Waals surface area contributed by atoms with Gasteiger partial charge in [-0.2, -0.15) is 0 Å². The summed E-state index contributed by atoms with van der Waals surface area (Å²) in [6.07, 6.45) is 12.6. The van der Waals surface area contributed by atoms with Crippen LogP contribution in [-0.4, -0.2) is 52.4 Å². The summed E-state index contributed by atoms with van der Waals surface area (Å²) in [4.78, 5) is 0. The Kier molecular flexibility index (Phi) is 8.71. The predicted molar refractivity (Wildman–Crippen MR) is 82.5 cm³/mol. The van der Waals surface area contributed by atoms with Crippen LogP contribution in [0.4, 0.5) is 0 Å². The monoisotopic (exact) mass is 296 g/mol. The van der Waals surface area contributed by atoms with Crippen LogP contribution in [0.25, 0.3) is 0 Å². The zero-order chi connectivity index (χ0) is 14.6. The molecule has 4 heteroatoms. The average molecular weight is 296 g/mol. The lowest BCUT2D eigenvalue weighted by atomic mass is 9.96. The van der Waals surface area contributed by atoms with Crippen LogP contribution in [0.15, 0.2) is 23.8 Å². The minimum Gasteiger partial charge on any atom is -0.379 e. The lowest BCUT2D eigenvalue weighted by Crippen LogP contribution is -2.20. The molecule has 0 N–H and O–H groups in total. The molecule has 0 radical (unpaired) electrons. The minimum atomic E-state index is 0.344. The molecule has 1 unspecified atom stereocenters. The molecule has 1 atom stereocenters. The third kappa shape index (κ3) is 7.77. The van der Waals surface area contributed by atoms with E-state index in [2.05, 4.69) is 18.2 Å². The molecule has 0 fully saturated rings. The fourth-order valence-electron chi connectivity index (χ4n) is 2.53. The highest BCUT2D eigenvalue weighted by atomic mass is 16.6. The van der Waals surface area contributed by atoms with Crippen LogP contribution >= 0.6 is 0 Å². The van der Waals surface area contributed by atoms with Crippen LogP contribution in [0.2, 0.25) is 0 Å². The molecule has 21 heavy (non-hydrogen) atoms. The highest BCUT2D eigenvalue weighted by Crippen LogP contribution is 2.22. The average Bonchev–Trinajstić information content (AvgIpc) is 2.51. The molecule has 2 aliphatic rings. The van der Waals surface area contributed by atoms with Gasteiger partial charge in [-0.25, -0.2) is 0 Å². The predicted octanol–water partition coefficient (Wildman–Crippen LogP) is 2.88. The molecule has 2 rings (SSSR count). The van der Waals surface area contributed by atoms with E-state index in [1.54, 1.807) is 0 Å². The molecule has 0 saturated heterocycles. The van der Waals surface area contributed by atoms with E-state index in [-0.39, 0.29) is 0 Å². The first-order valence-corrected chi connectivity index (χ1v) is 8.15. The molecular weight excluding hydrogens is 268 g/mol. The first-order valence-electron chi connectivity index (χ1n) is 8.15. The molecule has 0 aromatic rings. The van der Waals surface area contributed by atoms with Crippen molar-refractivity contribution < 1.29 is 18.9 Å². The van der Waals surface area contributed by atoms with Crippen molar-refractivity contribution in [3.05, 3.63) is 23.8 Å². The van der Waals surface area contributed by atoms with Gasteiger partial charge >= 0.3 is 0 Å². The van der Waals surface area contributed by atoms with Crippen LogP contribution < -0.4 is 0 Å². The lowest BCUT2D eigenvalue weighted by molar-refractivity contribution is -0.0209. The van der Waals surface area contributed by atoms with Crippen LogP contribution in [0.5, 0.6) is 0 Å². The van der Waals surface area contributed by atoms with Gasteiger partial charge in [-0.1, -0.05) is 18.2 Å². The molecule has 0 aromatic carbocycles. The Morgan fingerprint density at radius 2 is 1.52 bits per heavy atom. The quantitative estimate of drug-likeness (QED) is 0.689. The molecule has 2 bridgehead atoms. The van der Waals surface area contributed by atoms with Gasteiger partial charge in [-0.15, -0.1) is 0 Å². The summed E-state index contributed by atoms with van der Waals surface area (Å²) in [5, 5.41) is 0. The number of ether oxygens (including phenoxy) is 4. The fraction of sp³-hybridized carbons (Fsp3) is 0.765. The van der Waals surface area contributed by atoms with Crippen LogP contribution in [-0.2, 0) is 18.9 Å². The van der Waals surface area contributed by atoms with Gasteiger partial charge in [0.25, 0.3) is 0 Å². The van der Waals surface area contributed by atoms with Gasteiger partial charge in [-0.3, -0.25) is 0 Å². The third-order valence-corrected chi connectivity index (χ3v) is 3.68. The van der Waals surface area contributed by atoms with E-state index in [0.717, 1.165) is 38.7 Å². The van der Waals surface area contributed by atoms with Gasteiger partial charge in [0.05, 0.1) is 45.7 Å². The Hall–Kier alpha value is -0.680. The third-order valence-electron chi connectivity index (χ3n) is 3.68. The van der Waals surface area contributed by atoms with Gasteiger partial charge in [-0.05, 0) is 37.7 Å². The van der Waals surface area contributed by atoms with Crippen molar-refractivity contribution in [3.8, 4) is 0 Å². The molecule has 4 nitrogen and oxygen atoms in total. The number of hydrogen-bond acceptors (Lipinski definition) is 4. The Bertz CT molecular complexity index is 325. The SMILES string of the molecule is C1=C2/C=C/CCCOCCOCCOCCOC(CC1)C2. The van der Waals surface area contributed by atoms with Crippen molar-refractivity contribution in [1.82, 2.24) is 0 Å². The summed E-state index contributed by atoms with van der Waals surface area (Å²) in [5.41, 5.74) is 1.41. The zero-order valence-electron chi connectivity index (χ0n) is 12.9. The largest absolute Gasteiger partial charge is 0.379 e. The molecule has 0 aromatic heterocycles. The Morgan fingerprint density at radius 3 is 2.33 bits per heavy atom. The number of allylic oxidation sites excluding steroid dienone is 3. The Morgan fingerprint density at radius 1 is 0.810 bits per heavy atom. The van der Waals surface area contributed by atoms with Gasteiger partial charge in [0, 0.05) is 6.61 Å². The Balaban J connectivity index is 1.75. The molecule has 0 saturated carbocycles. The van der Waals surface area contributed by atoms with Gasteiger partial charge in [0.15, 0.2) is 0 Å². The van der Waals surface area contributed by atoms with E-state index in [1.807, 2.05) is 0 Å². The molecule has 1 aliphatic heterocycles. The highest BCUT2D eigenvalue weighted by molar-refractivity contribution is 5.21. The lowest BCUT2D eigenvalue weighted by Gasteiger charge is -2.22. The second-order valence-corrected chi connectivity index (χ2v) is 5.44. The van der Waals surface area contributed by atoms with E-state index in [0.29, 0.717) is 45.7 Å². The Labute approximate surface area is 128 Å². The smallest absolute Gasteiger partial charge is 0.0704 e. The molecular formula is C17H28O4. The summed E-state index contributed by atoms with van der Waals surface area (Å²) >= 11 is 0. The number of rotatable bonds is 0. The zero-order valence-corrected chi connectivity index (χ0v) is 12.9. The first-order chi connectivity index (χ1) is 10.4. The summed E-state index contributed by atoms with van der Waals surface area (Å²) in [6.45, 7) is 4.68. The van der Waals surface area contributed by atoms with Crippen molar-refractivity contribution >= 4 is 0 Å². The van der Waals surface area contributed by atoms with Crippen molar-refractivity contribution in [2.24, 2.45) is 0 Å². The molecule has 1 heterocycles. The molecule has 1 aliphatic carbocycles. The van der Waals surface area contributed by atoms with E-state index in [1.165, 1.54) is 5.57 Å². The van der Waals surface area contributed by atoms with E-state index in [4.69, 9.17) is 18.9 Å². The standard InChI is InChI=1S/C17H28O4/c1-2-5-16-6-4-7-17(15-16)21-14-13-20-12-11-19-10-9-18-8-3-1/h2,5-6,17H,1,3-4,7-15H2/b5-2+. The van der Waals surface area contributed by atoms with Crippen LogP contribution in [0, 0.1) is 0 Å². The summed E-state index contributed by atoms with van der Waals surface area (Å²) < 4.78 is 22.4. The fourth-order valence-corrected chi connectivity index (χ4v) is 2.53. The topological polar surface area (TPSA) is 36.9 Å². The maximum Gasteiger partial charge on any atom is 0.0704 e. The second kappa shape index (κ2) is 11.0. The van der Waals surface area contributed by atoms with Crippen molar-refractivity contribution in [2.75, 3.05) is 46.2 Å². The second-order valence-electron chi connectivity index (χ2n) is 5.44. The molecule has 120 valence electrons. The first kappa shape index (κ1) is 16.7. The summed E-state index contributed by atoms with van der Waals surface area (Å²) in [5.74, 6) is 0. The number of hydrogen-bond donors (Lipinski definition) is 0. The van der Waals surface area contributed by atoms with Crippen molar-refractivity contribution in [1.29, 1.82) is 0 Å². The molecule has 0 spiro atoms. The number of fused-ring (bicyclic) bond motifs is 2. The van der Waals surface area contributed by atoms with Crippen molar-refractivity contribution in [2.45, 2.75) is 38.2 Å². The van der Waals surface area contributed by atoms with Gasteiger partial charge in [0.2, 0.25) is 0 Å².